The molecule has 0 bridgehead atoms. The highest BCUT2D eigenvalue weighted by Gasteiger charge is 2.23. The Labute approximate surface area is 85.2 Å². The number of esters is 1. The molecule has 0 fully saturated rings. The van der Waals surface area contributed by atoms with Gasteiger partial charge in [0.25, 0.3) is 0 Å². The molecule has 0 aliphatic carbocycles. The predicted octanol–water partition coefficient (Wildman–Crippen LogP) is 1.40. The fourth-order valence-electron chi connectivity index (χ4n) is 1.25. The average Bonchev–Trinajstić information content (AvgIpc) is 2.16. The Bertz CT molecular complexity index is 427. The smallest absolute Gasteiger partial charge is 0.338 e. The summed E-state index contributed by atoms with van der Waals surface area (Å²) in [5.41, 5.74) is -0.313. The number of nitrogens with zero attached hydrogens (tertiary/aromatic N) is 1. The van der Waals surface area contributed by atoms with Gasteiger partial charge in [0.1, 0.15) is 0 Å². The highest BCUT2D eigenvalue weighted by atomic mass is 16.6. The standard InChI is InChI=1S/C9H9NO5/c1-5-6(9(12)15-2)3-4-7(11)8(5)10(13)14/h3-4,11H,1-2H3. The number of nitro benzene ring substituents is 1. The number of phenolic OH excluding ortho intramolecular Hbond substituents is 1. The van der Waals surface area contributed by atoms with E-state index in [-0.39, 0.29) is 11.1 Å². The number of hydrogen-bond acceptors (Lipinski definition) is 5. The van der Waals surface area contributed by atoms with Gasteiger partial charge in [-0.25, -0.2) is 4.79 Å². The van der Waals surface area contributed by atoms with Gasteiger partial charge in [0, 0.05) is 5.56 Å². The first-order valence-corrected chi connectivity index (χ1v) is 4.04. The van der Waals surface area contributed by atoms with Crippen LogP contribution < -0.4 is 0 Å². The van der Waals surface area contributed by atoms with Crippen molar-refractivity contribution in [3.05, 3.63) is 33.4 Å². The monoisotopic (exact) mass is 211 g/mol. The maximum Gasteiger partial charge on any atom is 0.338 e. The number of rotatable bonds is 2. The zero-order chi connectivity index (χ0) is 11.6. The molecule has 6 nitrogen and oxygen atoms in total. The van der Waals surface area contributed by atoms with Crippen molar-refractivity contribution >= 4 is 11.7 Å². The molecule has 1 N–H and O–H groups in total. The van der Waals surface area contributed by atoms with Crippen molar-refractivity contribution in [3.8, 4) is 5.75 Å². The number of nitro groups is 1. The van der Waals surface area contributed by atoms with Crippen molar-refractivity contribution < 1.29 is 19.6 Å². The van der Waals surface area contributed by atoms with E-state index in [0.29, 0.717) is 0 Å². The SMILES string of the molecule is COC(=O)c1ccc(O)c([N+](=O)[O-])c1C. The molecule has 0 unspecified atom stereocenters. The summed E-state index contributed by atoms with van der Waals surface area (Å²) in [5, 5.41) is 19.8. The molecule has 1 rings (SSSR count). The Morgan fingerprint density at radius 1 is 1.53 bits per heavy atom. The summed E-state index contributed by atoms with van der Waals surface area (Å²) >= 11 is 0. The van der Waals surface area contributed by atoms with Gasteiger partial charge in [-0.05, 0) is 19.1 Å². The predicted molar refractivity (Wildman–Crippen MR) is 50.8 cm³/mol. The van der Waals surface area contributed by atoms with Gasteiger partial charge in [-0.1, -0.05) is 0 Å². The third-order valence-corrected chi connectivity index (χ3v) is 2.00. The lowest BCUT2D eigenvalue weighted by atomic mass is 10.1. The van der Waals surface area contributed by atoms with Gasteiger partial charge in [-0.2, -0.15) is 0 Å². The minimum absolute atomic E-state index is 0.0713. The van der Waals surface area contributed by atoms with Crippen LogP contribution in [0.15, 0.2) is 12.1 Å². The molecule has 0 atom stereocenters. The van der Waals surface area contributed by atoms with Gasteiger partial charge in [0.2, 0.25) is 0 Å². The number of carbonyl (C=O) groups is 1. The molecule has 0 saturated carbocycles. The highest BCUT2D eigenvalue weighted by Crippen LogP contribution is 2.31. The molecule has 0 heterocycles. The van der Waals surface area contributed by atoms with E-state index in [9.17, 15) is 20.0 Å². The second kappa shape index (κ2) is 3.95. The summed E-state index contributed by atoms with van der Waals surface area (Å²) in [6.07, 6.45) is 0. The summed E-state index contributed by atoms with van der Waals surface area (Å²) in [5.74, 6) is -1.14. The van der Waals surface area contributed by atoms with Gasteiger partial charge in [-0.15, -0.1) is 0 Å². The van der Waals surface area contributed by atoms with Crippen LogP contribution in [0.5, 0.6) is 5.75 Å². The van der Waals surface area contributed by atoms with E-state index in [1.807, 2.05) is 0 Å². The van der Waals surface area contributed by atoms with Crippen LogP contribution in [0.1, 0.15) is 15.9 Å². The molecule has 1 aromatic carbocycles. The molecule has 0 amide bonds. The van der Waals surface area contributed by atoms with Crippen molar-refractivity contribution in [2.75, 3.05) is 7.11 Å². The molecule has 0 aliphatic rings. The molecule has 0 aromatic heterocycles. The fraction of sp³-hybridized carbons (Fsp3) is 0.222. The lowest BCUT2D eigenvalue weighted by molar-refractivity contribution is -0.386. The summed E-state index contributed by atoms with van der Waals surface area (Å²) in [7, 11) is 1.18. The van der Waals surface area contributed by atoms with E-state index in [1.54, 1.807) is 0 Å². The topological polar surface area (TPSA) is 89.7 Å². The molecule has 6 heteroatoms. The van der Waals surface area contributed by atoms with Gasteiger partial charge in [0.05, 0.1) is 17.6 Å². The molecule has 15 heavy (non-hydrogen) atoms. The van der Waals surface area contributed by atoms with E-state index in [4.69, 9.17) is 0 Å². The zero-order valence-corrected chi connectivity index (χ0v) is 8.18. The maximum absolute atomic E-state index is 11.2. The third-order valence-electron chi connectivity index (χ3n) is 2.00. The van der Waals surface area contributed by atoms with E-state index in [2.05, 4.69) is 4.74 Å². The van der Waals surface area contributed by atoms with Crippen LogP contribution in [0.2, 0.25) is 0 Å². The Hall–Kier alpha value is -2.11. The molecule has 0 saturated heterocycles. The third kappa shape index (κ3) is 1.88. The maximum atomic E-state index is 11.2. The lowest BCUT2D eigenvalue weighted by Gasteiger charge is -2.05. The first-order valence-electron chi connectivity index (χ1n) is 4.04. The molecular formula is C9H9NO5. The first-order chi connectivity index (χ1) is 6.99. The number of hydrogen-bond donors (Lipinski definition) is 1. The molecule has 80 valence electrons. The van der Waals surface area contributed by atoms with Crippen LogP contribution >= 0.6 is 0 Å². The number of methoxy groups -OCH3 is 1. The number of aromatic hydroxyl groups is 1. The van der Waals surface area contributed by atoms with Crippen molar-refractivity contribution in [2.24, 2.45) is 0 Å². The Morgan fingerprint density at radius 2 is 2.13 bits per heavy atom. The summed E-state index contributed by atoms with van der Waals surface area (Å²) in [6.45, 7) is 1.38. The molecular weight excluding hydrogens is 202 g/mol. The number of benzene rings is 1. The van der Waals surface area contributed by atoms with E-state index < -0.39 is 22.3 Å². The Morgan fingerprint density at radius 3 is 2.60 bits per heavy atom. The molecule has 0 aliphatic heterocycles. The van der Waals surface area contributed by atoms with Crippen molar-refractivity contribution in [1.82, 2.24) is 0 Å². The average molecular weight is 211 g/mol. The minimum atomic E-state index is -0.739. The molecule has 0 spiro atoms. The van der Waals surface area contributed by atoms with Crippen molar-refractivity contribution in [2.45, 2.75) is 6.92 Å². The summed E-state index contributed by atoms with van der Waals surface area (Å²) < 4.78 is 4.45. The largest absolute Gasteiger partial charge is 0.502 e. The normalized spacial score (nSPS) is 9.73. The van der Waals surface area contributed by atoms with Crippen LogP contribution in [0.25, 0.3) is 0 Å². The second-order valence-electron chi connectivity index (χ2n) is 2.85. The first kappa shape index (κ1) is 11.0. The van der Waals surface area contributed by atoms with Crippen LogP contribution in [-0.2, 0) is 4.74 Å². The summed E-state index contributed by atoms with van der Waals surface area (Å²) in [4.78, 5) is 21.1. The molecule has 1 aromatic rings. The van der Waals surface area contributed by atoms with Crippen LogP contribution in [0.3, 0.4) is 0 Å². The van der Waals surface area contributed by atoms with Crippen molar-refractivity contribution in [3.63, 3.8) is 0 Å². The number of phenols is 1. The van der Waals surface area contributed by atoms with Crippen LogP contribution in [0.4, 0.5) is 5.69 Å². The number of ether oxygens (including phenoxy) is 1. The van der Waals surface area contributed by atoms with E-state index in [1.165, 1.54) is 20.1 Å². The highest BCUT2D eigenvalue weighted by molar-refractivity contribution is 5.92. The second-order valence-corrected chi connectivity index (χ2v) is 2.85. The minimum Gasteiger partial charge on any atom is -0.502 e. The van der Waals surface area contributed by atoms with Gasteiger partial charge in [0.15, 0.2) is 5.75 Å². The van der Waals surface area contributed by atoms with Gasteiger partial charge < -0.3 is 9.84 Å². The lowest BCUT2D eigenvalue weighted by Crippen LogP contribution is -2.05. The van der Waals surface area contributed by atoms with Crippen LogP contribution in [-0.4, -0.2) is 23.1 Å². The van der Waals surface area contributed by atoms with E-state index >= 15 is 0 Å². The zero-order valence-electron chi connectivity index (χ0n) is 8.18. The Kier molecular flexibility index (Phi) is 2.89. The molecule has 0 radical (unpaired) electrons. The summed E-state index contributed by atoms with van der Waals surface area (Å²) in [6, 6.07) is 2.38. The van der Waals surface area contributed by atoms with Crippen molar-refractivity contribution in [1.29, 1.82) is 0 Å². The Balaban J connectivity index is 3.41. The van der Waals surface area contributed by atoms with E-state index in [0.717, 1.165) is 6.07 Å². The van der Waals surface area contributed by atoms with Gasteiger partial charge >= 0.3 is 11.7 Å². The number of carbonyl (C=O) groups excluding carboxylic acids is 1. The quantitative estimate of drug-likeness (QED) is 0.453. The van der Waals surface area contributed by atoms with Gasteiger partial charge in [-0.3, -0.25) is 10.1 Å². The van der Waals surface area contributed by atoms with Crippen LogP contribution in [0, 0.1) is 17.0 Å². The fourth-order valence-corrected chi connectivity index (χ4v) is 1.25.